The van der Waals surface area contributed by atoms with Crippen LogP contribution in [0.3, 0.4) is 0 Å². The highest BCUT2D eigenvalue weighted by atomic mass is 14.9. The smallest absolute Gasteiger partial charge is 0.0570 e. The van der Waals surface area contributed by atoms with Gasteiger partial charge >= 0.3 is 0 Å². The van der Waals surface area contributed by atoms with Gasteiger partial charge in [-0.25, -0.2) is 0 Å². The van der Waals surface area contributed by atoms with Gasteiger partial charge in [0.25, 0.3) is 0 Å². The van der Waals surface area contributed by atoms with Gasteiger partial charge < -0.3 is 5.32 Å². The summed E-state index contributed by atoms with van der Waals surface area (Å²) in [4.78, 5) is 8.44. The van der Waals surface area contributed by atoms with E-state index in [1.165, 1.54) is 16.7 Å². The third-order valence-corrected chi connectivity index (χ3v) is 2.86. The number of hydrogen-bond donors (Lipinski definition) is 1. The highest BCUT2D eigenvalue weighted by Gasteiger charge is 2.00. The molecular weight excluding hydrogens is 210 g/mol. The summed E-state index contributed by atoms with van der Waals surface area (Å²) in [5, 5.41) is 3.41. The molecule has 0 aromatic carbocycles. The van der Waals surface area contributed by atoms with E-state index in [-0.39, 0.29) is 0 Å². The minimum absolute atomic E-state index is 0.800. The second-order valence-electron chi connectivity index (χ2n) is 4.17. The molecule has 0 bridgehead atoms. The van der Waals surface area contributed by atoms with Gasteiger partial charge in [-0.1, -0.05) is 6.07 Å². The summed E-state index contributed by atoms with van der Waals surface area (Å²) < 4.78 is 0. The van der Waals surface area contributed by atoms with E-state index in [1.54, 1.807) is 0 Å². The number of nitrogens with zero attached hydrogens (tertiary/aromatic N) is 2. The van der Waals surface area contributed by atoms with Crippen molar-refractivity contribution >= 4 is 0 Å². The van der Waals surface area contributed by atoms with E-state index >= 15 is 0 Å². The molecule has 17 heavy (non-hydrogen) atoms. The second-order valence-corrected chi connectivity index (χ2v) is 4.17. The van der Waals surface area contributed by atoms with Crippen LogP contribution in [0.25, 0.3) is 0 Å². The molecule has 2 aromatic rings. The molecule has 0 unspecified atom stereocenters. The monoisotopic (exact) mass is 227 g/mol. The molecule has 0 saturated heterocycles. The van der Waals surface area contributed by atoms with Crippen LogP contribution in [0.2, 0.25) is 0 Å². The fourth-order valence-electron chi connectivity index (χ4n) is 1.72. The normalized spacial score (nSPS) is 10.5. The summed E-state index contributed by atoms with van der Waals surface area (Å²) in [6, 6.07) is 6.10. The van der Waals surface area contributed by atoms with Crippen LogP contribution in [-0.4, -0.2) is 9.97 Å². The zero-order valence-electron chi connectivity index (χ0n) is 10.3. The molecule has 0 atom stereocenters. The Balaban J connectivity index is 1.93. The zero-order chi connectivity index (χ0) is 12.1. The first kappa shape index (κ1) is 11.7. The molecule has 0 aliphatic carbocycles. The van der Waals surface area contributed by atoms with Crippen LogP contribution in [0.1, 0.15) is 22.4 Å². The highest BCUT2D eigenvalue weighted by molar-refractivity contribution is 5.22. The molecule has 3 heteroatoms. The molecule has 2 heterocycles. The van der Waals surface area contributed by atoms with Crippen molar-refractivity contribution in [2.75, 3.05) is 0 Å². The molecule has 88 valence electrons. The van der Waals surface area contributed by atoms with Gasteiger partial charge in [0.05, 0.1) is 5.69 Å². The van der Waals surface area contributed by atoms with Crippen molar-refractivity contribution in [2.24, 2.45) is 0 Å². The Bertz CT molecular complexity index is 449. The van der Waals surface area contributed by atoms with Crippen LogP contribution in [0.4, 0.5) is 0 Å². The topological polar surface area (TPSA) is 37.8 Å². The van der Waals surface area contributed by atoms with Crippen molar-refractivity contribution in [1.29, 1.82) is 0 Å². The van der Waals surface area contributed by atoms with Gasteiger partial charge in [-0.05, 0) is 42.7 Å². The predicted octanol–water partition coefficient (Wildman–Crippen LogP) is 2.38. The van der Waals surface area contributed by atoms with Crippen molar-refractivity contribution in [3.8, 4) is 0 Å². The molecule has 2 aromatic heterocycles. The molecule has 0 aliphatic rings. The zero-order valence-corrected chi connectivity index (χ0v) is 10.3. The van der Waals surface area contributed by atoms with Gasteiger partial charge in [-0.3, -0.25) is 9.97 Å². The predicted molar refractivity (Wildman–Crippen MR) is 68.5 cm³/mol. The molecular formula is C14H17N3. The Morgan fingerprint density at radius 2 is 1.94 bits per heavy atom. The lowest BCUT2D eigenvalue weighted by Crippen LogP contribution is -2.15. The van der Waals surface area contributed by atoms with Gasteiger partial charge in [0, 0.05) is 31.7 Å². The van der Waals surface area contributed by atoms with Gasteiger partial charge in [0.2, 0.25) is 0 Å². The summed E-state index contributed by atoms with van der Waals surface area (Å²) >= 11 is 0. The van der Waals surface area contributed by atoms with Crippen LogP contribution in [0.5, 0.6) is 0 Å². The van der Waals surface area contributed by atoms with Crippen molar-refractivity contribution in [1.82, 2.24) is 15.3 Å². The SMILES string of the molecule is Cc1cnccc1CNCc1ncccc1C. The number of rotatable bonds is 4. The lowest BCUT2D eigenvalue weighted by Gasteiger charge is -2.08. The Morgan fingerprint density at radius 3 is 2.71 bits per heavy atom. The summed E-state index contributed by atoms with van der Waals surface area (Å²) in [5.41, 5.74) is 4.84. The Morgan fingerprint density at radius 1 is 1.06 bits per heavy atom. The highest BCUT2D eigenvalue weighted by Crippen LogP contribution is 2.06. The fraction of sp³-hybridized carbons (Fsp3) is 0.286. The van der Waals surface area contributed by atoms with Crippen molar-refractivity contribution < 1.29 is 0 Å². The van der Waals surface area contributed by atoms with Gasteiger partial charge in [-0.2, -0.15) is 0 Å². The van der Waals surface area contributed by atoms with Crippen LogP contribution in [0, 0.1) is 13.8 Å². The number of hydrogen-bond acceptors (Lipinski definition) is 3. The summed E-state index contributed by atoms with van der Waals surface area (Å²) in [7, 11) is 0. The first-order chi connectivity index (χ1) is 8.27. The molecule has 0 saturated carbocycles. The van der Waals surface area contributed by atoms with E-state index in [2.05, 4.69) is 35.2 Å². The maximum Gasteiger partial charge on any atom is 0.0570 e. The van der Waals surface area contributed by atoms with Crippen molar-refractivity contribution in [3.63, 3.8) is 0 Å². The van der Waals surface area contributed by atoms with Crippen molar-refractivity contribution in [2.45, 2.75) is 26.9 Å². The number of nitrogens with one attached hydrogen (secondary N) is 1. The Labute approximate surface area is 102 Å². The van der Waals surface area contributed by atoms with E-state index in [9.17, 15) is 0 Å². The number of aryl methyl sites for hydroxylation is 2. The van der Waals surface area contributed by atoms with E-state index in [0.717, 1.165) is 18.8 Å². The molecule has 3 nitrogen and oxygen atoms in total. The largest absolute Gasteiger partial charge is 0.307 e. The fourth-order valence-corrected chi connectivity index (χ4v) is 1.72. The number of aromatic nitrogens is 2. The van der Waals surface area contributed by atoms with Crippen LogP contribution < -0.4 is 5.32 Å². The van der Waals surface area contributed by atoms with Crippen molar-refractivity contribution in [3.05, 3.63) is 59.2 Å². The third kappa shape index (κ3) is 3.11. The Hall–Kier alpha value is -1.74. The summed E-state index contributed by atoms with van der Waals surface area (Å²) in [6.45, 7) is 5.82. The van der Waals surface area contributed by atoms with E-state index < -0.39 is 0 Å². The molecule has 0 spiro atoms. The van der Waals surface area contributed by atoms with E-state index in [0.29, 0.717) is 0 Å². The van der Waals surface area contributed by atoms with Crippen LogP contribution >= 0.6 is 0 Å². The van der Waals surface area contributed by atoms with Crippen LogP contribution in [0.15, 0.2) is 36.8 Å². The van der Waals surface area contributed by atoms with Gasteiger partial charge in [0.1, 0.15) is 0 Å². The van der Waals surface area contributed by atoms with Gasteiger partial charge in [-0.15, -0.1) is 0 Å². The maximum absolute atomic E-state index is 4.36. The van der Waals surface area contributed by atoms with Crippen LogP contribution in [-0.2, 0) is 13.1 Å². The average Bonchev–Trinajstić information content (AvgIpc) is 2.34. The molecule has 0 aliphatic heterocycles. The summed E-state index contributed by atoms with van der Waals surface area (Å²) in [5.74, 6) is 0. The lowest BCUT2D eigenvalue weighted by molar-refractivity contribution is 0.673. The summed E-state index contributed by atoms with van der Waals surface area (Å²) in [6.07, 6.45) is 5.56. The van der Waals surface area contributed by atoms with E-state index in [1.807, 2.05) is 30.7 Å². The average molecular weight is 227 g/mol. The Kier molecular flexibility index (Phi) is 3.83. The molecule has 0 amide bonds. The van der Waals surface area contributed by atoms with E-state index in [4.69, 9.17) is 0 Å². The lowest BCUT2D eigenvalue weighted by atomic mass is 10.1. The number of pyridine rings is 2. The third-order valence-electron chi connectivity index (χ3n) is 2.86. The molecule has 0 radical (unpaired) electrons. The first-order valence-electron chi connectivity index (χ1n) is 5.78. The second kappa shape index (κ2) is 5.55. The van der Waals surface area contributed by atoms with Gasteiger partial charge in [0.15, 0.2) is 0 Å². The molecule has 2 rings (SSSR count). The minimum Gasteiger partial charge on any atom is -0.307 e. The molecule has 1 N–H and O–H groups in total. The minimum atomic E-state index is 0.800. The maximum atomic E-state index is 4.36. The quantitative estimate of drug-likeness (QED) is 0.871. The molecule has 0 fully saturated rings. The first-order valence-corrected chi connectivity index (χ1v) is 5.78. The standard InChI is InChI=1S/C14H17N3/c1-11-4-3-6-17-14(11)10-16-9-13-5-7-15-8-12(13)2/h3-8,16H,9-10H2,1-2H3.